The molecule has 74 valence electrons. The van der Waals surface area contributed by atoms with Crippen molar-refractivity contribution in [2.24, 2.45) is 0 Å². The normalized spacial score (nSPS) is 13.2. The Morgan fingerprint density at radius 3 is 2.85 bits per heavy atom. The predicted molar refractivity (Wildman–Crippen MR) is 53.4 cm³/mol. The molecule has 0 spiro atoms. The van der Waals surface area contributed by atoms with E-state index in [-0.39, 0.29) is 6.04 Å². The minimum atomic E-state index is 0.242. The monoisotopic (exact) mass is 201 g/mol. The summed E-state index contributed by atoms with van der Waals surface area (Å²) in [6.07, 6.45) is 0. The number of nitrogens with one attached hydrogen (secondary N) is 1. The molecule has 1 heterocycles. The Bertz CT molecular complexity index is 317. The SMILES string of the molecule is CCOCC(C)n1c(C)n[nH]c1=S. The van der Waals surface area contributed by atoms with Gasteiger partial charge < -0.3 is 4.74 Å². The van der Waals surface area contributed by atoms with Gasteiger partial charge in [-0.25, -0.2) is 0 Å². The number of hydrogen-bond donors (Lipinski definition) is 1. The standard InChI is InChI=1S/C8H15N3OS/c1-4-12-5-6(2)11-7(3)9-10-8(11)13/h6H,4-5H2,1-3H3,(H,10,13). The highest BCUT2D eigenvalue weighted by atomic mass is 32.1. The average Bonchev–Trinajstić information content (AvgIpc) is 2.42. The van der Waals surface area contributed by atoms with Gasteiger partial charge in [-0.3, -0.25) is 9.67 Å². The van der Waals surface area contributed by atoms with Crippen molar-refractivity contribution in [2.45, 2.75) is 26.8 Å². The molecule has 0 fully saturated rings. The topological polar surface area (TPSA) is 42.8 Å². The van der Waals surface area contributed by atoms with Crippen molar-refractivity contribution in [3.8, 4) is 0 Å². The zero-order chi connectivity index (χ0) is 9.84. The van der Waals surface area contributed by atoms with Crippen molar-refractivity contribution in [1.82, 2.24) is 14.8 Å². The van der Waals surface area contributed by atoms with Crippen molar-refractivity contribution in [3.63, 3.8) is 0 Å². The second-order valence-corrected chi connectivity index (χ2v) is 3.34. The van der Waals surface area contributed by atoms with Crippen molar-refractivity contribution in [2.75, 3.05) is 13.2 Å². The van der Waals surface area contributed by atoms with Gasteiger partial charge in [0.05, 0.1) is 12.6 Å². The summed E-state index contributed by atoms with van der Waals surface area (Å²) < 4.78 is 7.94. The Morgan fingerprint density at radius 2 is 2.38 bits per heavy atom. The van der Waals surface area contributed by atoms with E-state index in [0.29, 0.717) is 11.4 Å². The molecule has 0 aromatic carbocycles. The van der Waals surface area contributed by atoms with Crippen LogP contribution in [0.25, 0.3) is 0 Å². The van der Waals surface area contributed by atoms with Gasteiger partial charge in [-0.05, 0) is 33.0 Å². The molecule has 0 saturated heterocycles. The third-order valence-corrected chi connectivity index (χ3v) is 2.17. The van der Waals surface area contributed by atoms with Crippen LogP contribution in [-0.4, -0.2) is 28.0 Å². The first-order valence-corrected chi connectivity index (χ1v) is 4.79. The van der Waals surface area contributed by atoms with Crippen molar-refractivity contribution >= 4 is 12.2 Å². The van der Waals surface area contributed by atoms with E-state index in [1.807, 2.05) is 18.4 Å². The number of aryl methyl sites for hydroxylation is 1. The Hall–Kier alpha value is -0.680. The van der Waals surface area contributed by atoms with Crippen LogP contribution < -0.4 is 0 Å². The Balaban J connectivity index is 2.75. The van der Waals surface area contributed by atoms with Gasteiger partial charge in [-0.2, -0.15) is 5.10 Å². The van der Waals surface area contributed by atoms with Gasteiger partial charge in [-0.15, -0.1) is 0 Å². The minimum absolute atomic E-state index is 0.242. The van der Waals surface area contributed by atoms with Crippen LogP contribution in [0.15, 0.2) is 0 Å². The summed E-state index contributed by atoms with van der Waals surface area (Å²) >= 11 is 5.09. The molecule has 0 radical (unpaired) electrons. The summed E-state index contributed by atoms with van der Waals surface area (Å²) in [5, 5.41) is 6.79. The van der Waals surface area contributed by atoms with Gasteiger partial charge in [0.1, 0.15) is 5.82 Å². The van der Waals surface area contributed by atoms with Crippen LogP contribution in [0.5, 0.6) is 0 Å². The highest BCUT2D eigenvalue weighted by Crippen LogP contribution is 2.08. The molecule has 0 amide bonds. The van der Waals surface area contributed by atoms with Crippen LogP contribution in [0, 0.1) is 11.7 Å². The highest BCUT2D eigenvalue weighted by Gasteiger charge is 2.08. The number of H-pyrrole nitrogens is 1. The molecule has 0 aliphatic rings. The fourth-order valence-corrected chi connectivity index (χ4v) is 1.62. The number of aromatic nitrogens is 3. The number of nitrogens with zero attached hydrogens (tertiary/aromatic N) is 2. The van der Waals surface area contributed by atoms with Crippen LogP contribution >= 0.6 is 12.2 Å². The minimum Gasteiger partial charge on any atom is -0.380 e. The van der Waals surface area contributed by atoms with E-state index in [4.69, 9.17) is 17.0 Å². The predicted octanol–water partition coefficient (Wildman–Crippen LogP) is 1.85. The van der Waals surface area contributed by atoms with Gasteiger partial charge in [-0.1, -0.05) is 0 Å². The highest BCUT2D eigenvalue weighted by molar-refractivity contribution is 7.71. The van der Waals surface area contributed by atoms with Crippen LogP contribution in [0.4, 0.5) is 0 Å². The third kappa shape index (κ3) is 2.38. The lowest BCUT2D eigenvalue weighted by atomic mass is 10.3. The first kappa shape index (κ1) is 10.4. The molecule has 5 heteroatoms. The third-order valence-electron chi connectivity index (χ3n) is 1.88. The van der Waals surface area contributed by atoms with E-state index in [1.54, 1.807) is 0 Å². The average molecular weight is 201 g/mol. The lowest BCUT2D eigenvalue weighted by Gasteiger charge is -2.13. The second-order valence-electron chi connectivity index (χ2n) is 2.95. The largest absolute Gasteiger partial charge is 0.380 e. The van der Waals surface area contributed by atoms with E-state index in [0.717, 1.165) is 12.4 Å². The lowest BCUT2D eigenvalue weighted by Crippen LogP contribution is -2.13. The maximum atomic E-state index is 5.32. The number of aromatic amines is 1. The summed E-state index contributed by atoms with van der Waals surface area (Å²) in [7, 11) is 0. The molecular formula is C8H15N3OS. The molecule has 13 heavy (non-hydrogen) atoms. The van der Waals surface area contributed by atoms with Gasteiger partial charge in [0, 0.05) is 6.61 Å². The number of rotatable bonds is 4. The molecule has 1 N–H and O–H groups in total. The molecule has 0 bridgehead atoms. The van der Waals surface area contributed by atoms with E-state index in [9.17, 15) is 0 Å². The Labute approximate surface area is 82.9 Å². The van der Waals surface area contributed by atoms with Crippen LogP contribution in [0.1, 0.15) is 25.7 Å². The van der Waals surface area contributed by atoms with Crippen LogP contribution in [0.2, 0.25) is 0 Å². The summed E-state index contributed by atoms with van der Waals surface area (Å²) in [6.45, 7) is 7.37. The number of hydrogen-bond acceptors (Lipinski definition) is 3. The molecule has 0 aliphatic carbocycles. The van der Waals surface area contributed by atoms with Crippen LogP contribution in [-0.2, 0) is 4.74 Å². The molecule has 1 unspecified atom stereocenters. The maximum absolute atomic E-state index is 5.32. The lowest BCUT2D eigenvalue weighted by molar-refractivity contribution is 0.117. The zero-order valence-corrected chi connectivity index (χ0v) is 9.02. The molecule has 0 aliphatic heterocycles. The molecule has 1 atom stereocenters. The first-order chi connectivity index (χ1) is 6.16. The second kappa shape index (κ2) is 4.53. The van der Waals surface area contributed by atoms with E-state index in [2.05, 4.69) is 17.1 Å². The molecule has 0 saturated carbocycles. The van der Waals surface area contributed by atoms with Gasteiger partial charge in [0.15, 0.2) is 4.77 Å². The summed E-state index contributed by atoms with van der Waals surface area (Å²) in [4.78, 5) is 0. The first-order valence-electron chi connectivity index (χ1n) is 4.38. The van der Waals surface area contributed by atoms with Crippen molar-refractivity contribution < 1.29 is 4.74 Å². The van der Waals surface area contributed by atoms with Crippen LogP contribution in [0.3, 0.4) is 0 Å². The smallest absolute Gasteiger partial charge is 0.195 e. The molecule has 1 aromatic rings. The fraction of sp³-hybridized carbons (Fsp3) is 0.750. The van der Waals surface area contributed by atoms with Crippen molar-refractivity contribution in [3.05, 3.63) is 10.6 Å². The van der Waals surface area contributed by atoms with E-state index >= 15 is 0 Å². The summed E-state index contributed by atoms with van der Waals surface area (Å²) in [5.74, 6) is 0.900. The fourth-order valence-electron chi connectivity index (χ4n) is 1.27. The maximum Gasteiger partial charge on any atom is 0.195 e. The Kier molecular flexibility index (Phi) is 3.62. The van der Waals surface area contributed by atoms with Gasteiger partial charge >= 0.3 is 0 Å². The summed E-state index contributed by atoms with van der Waals surface area (Å²) in [5.41, 5.74) is 0. The van der Waals surface area contributed by atoms with E-state index in [1.165, 1.54) is 0 Å². The zero-order valence-electron chi connectivity index (χ0n) is 8.20. The Morgan fingerprint density at radius 1 is 1.69 bits per heavy atom. The van der Waals surface area contributed by atoms with E-state index < -0.39 is 0 Å². The molecular weight excluding hydrogens is 186 g/mol. The number of ether oxygens (including phenoxy) is 1. The molecule has 1 aromatic heterocycles. The quantitative estimate of drug-likeness (QED) is 0.756. The molecule has 1 rings (SSSR count). The molecule has 4 nitrogen and oxygen atoms in total. The summed E-state index contributed by atoms with van der Waals surface area (Å²) in [6, 6.07) is 0.242. The van der Waals surface area contributed by atoms with Gasteiger partial charge in [0.2, 0.25) is 0 Å². The van der Waals surface area contributed by atoms with Gasteiger partial charge in [0.25, 0.3) is 0 Å². The van der Waals surface area contributed by atoms with Crippen molar-refractivity contribution in [1.29, 1.82) is 0 Å².